The molecule has 1 heterocycles. The number of benzene rings is 2. The summed E-state index contributed by atoms with van der Waals surface area (Å²) in [6.07, 6.45) is 1.27. The van der Waals surface area contributed by atoms with Gasteiger partial charge in [0, 0.05) is 24.1 Å². The summed E-state index contributed by atoms with van der Waals surface area (Å²) in [4.78, 5) is 42.4. The monoisotopic (exact) mass is 350 g/mol. The van der Waals surface area contributed by atoms with Crippen molar-refractivity contribution in [1.82, 2.24) is 9.97 Å². The van der Waals surface area contributed by atoms with Gasteiger partial charge in [-0.2, -0.15) is 0 Å². The first-order chi connectivity index (χ1) is 12.5. The van der Waals surface area contributed by atoms with Gasteiger partial charge in [0.1, 0.15) is 5.82 Å². The minimum absolute atomic E-state index is 0.182. The Kier molecular flexibility index (Phi) is 5.07. The van der Waals surface area contributed by atoms with Crippen molar-refractivity contribution < 1.29 is 9.59 Å². The van der Waals surface area contributed by atoms with Crippen molar-refractivity contribution in [3.05, 3.63) is 70.3 Å². The van der Waals surface area contributed by atoms with Crippen molar-refractivity contribution in [3.8, 4) is 0 Å². The third-order valence-electron chi connectivity index (χ3n) is 3.91. The van der Waals surface area contributed by atoms with Crippen molar-refractivity contribution in [2.75, 3.05) is 5.32 Å². The molecule has 3 aromatic rings. The molecule has 26 heavy (non-hydrogen) atoms. The molecule has 0 atom stereocenters. The number of carbonyl (C=O) groups is 2. The smallest absolute Gasteiger partial charge is 0.258 e. The molecule has 0 saturated heterocycles. The number of primary amides is 1. The Morgan fingerprint density at radius 3 is 2.73 bits per heavy atom. The number of nitrogens with one attached hydrogen (secondary N) is 2. The Bertz CT molecular complexity index is 1030. The highest BCUT2D eigenvalue weighted by Gasteiger charge is 2.07. The fraction of sp³-hybridized carbons (Fsp3) is 0.158. The van der Waals surface area contributed by atoms with Crippen molar-refractivity contribution in [3.63, 3.8) is 0 Å². The highest BCUT2D eigenvalue weighted by atomic mass is 16.2. The number of H-pyrrole nitrogens is 1. The third-order valence-corrected chi connectivity index (χ3v) is 3.91. The number of aromatic amines is 1. The van der Waals surface area contributed by atoms with Gasteiger partial charge in [-0.25, -0.2) is 4.98 Å². The molecule has 0 bridgehead atoms. The van der Waals surface area contributed by atoms with Gasteiger partial charge in [-0.3, -0.25) is 14.4 Å². The quantitative estimate of drug-likeness (QED) is 0.630. The zero-order valence-corrected chi connectivity index (χ0v) is 14.0. The predicted octanol–water partition coefficient (Wildman–Crippen LogP) is 1.98. The van der Waals surface area contributed by atoms with Gasteiger partial charge >= 0.3 is 0 Å². The summed E-state index contributed by atoms with van der Waals surface area (Å²) in [7, 11) is 0. The highest BCUT2D eigenvalue weighted by Crippen LogP contribution is 2.12. The van der Waals surface area contributed by atoms with Crippen LogP contribution >= 0.6 is 0 Å². The van der Waals surface area contributed by atoms with Gasteiger partial charge in [0.25, 0.3) is 5.56 Å². The largest absolute Gasteiger partial charge is 0.366 e. The number of hydrogen-bond acceptors (Lipinski definition) is 4. The molecule has 0 fully saturated rings. The van der Waals surface area contributed by atoms with Crippen LogP contribution in [0, 0.1) is 0 Å². The number of nitrogens with zero attached hydrogens (tertiary/aromatic N) is 1. The molecule has 1 aromatic heterocycles. The van der Waals surface area contributed by atoms with E-state index in [-0.39, 0.29) is 17.9 Å². The van der Waals surface area contributed by atoms with Crippen molar-refractivity contribution >= 4 is 28.4 Å². The number of amides is 2. The minimum Gasteiger partial charge on any atom is -0.366 e. The number of aryl methyl sites for hydroxylation is 1. The Morgan fingerprint density at radius 1 is 1.12 bits per heavy atom. The molecule has 132 valence electrons. The number of fused-ring (bicyclic) bond motifs is 1. The summed E-state index contributed by atoms with van der Waals surface area (Å²) < 4.78 is 0. The first kappa shape index (κ1) is 17.3. The van der Waals surface area contributed by atoms with E-state index in [2.05, 4.69) is 15.3 Å². The van der Waals surface area contributed by atoms with Crippen LogP contribution in [0.4, 0.5) is 5.69 Å². The average Bonchev–Trinajstić information content (AvgIpc) is 2.62. The van der Waals surface area contributed by atoms with Crippen LogP contribution in [0.2, 0.25) is 0 Å². The number of hydrogen-bond donors (Lipinski definition) is 3. The maximum absolute atomic E-state index is 12.0. The average molecular weight is 350 g/mol. The molecule has 0 aliphatic rings. The molecular formula is C19H18N4O3. The minimum atomic E-state index is -0.549. The standard InChI is InChI=1S/C19H18N4O3/c20-18(25)12-5-3-6-13(11-12)21-17(24)10-4-9-16-22-15-8-2-1-7-14(15)19(26)23-16/h1-3,5-8,11H,4,9-10H2,(H2,20,25)(H,21,24)(H,22,23,26). The van der Waals surface area contributed by atoms with Gasteiger partial charge < -0.3 is 16.0 Å². The fourth-order valence-electron chi connectivity index (χ4n) is 2.64. The zero-order chi connectivity index (χ0) is 18.5. The van der Waals surface area contributed by atoms with Crippen LogP contribution in [0.25, 0.3) is 10.9 Å². The second kappa shape index (κ2) is 7.60. The number of aromatic nitrogens is 2. The third kappa shape index (κ3) is 4.13. The van der Waals surface area contributed by atoms with Crippen LogP contribution in [-0.4, -0.2) is 21.8 Å². The number of rotatable bonds is 6. The zero-order valence-electron chi connectivity index (χ0n) is 14.0. The SMILES string of the molecule is NC(=O)c1cccc(NC(=O)CCCc2nc3ccccc3c(=O)[nH]2)c1. The summed E-state index contributed by atoms with van der Waals surface area (Å²) in [5, 5.41) is 3.27. The molecule has 0 unspecified atom stereocenters. The molecule has 3 rings (SSSR count). The second-order valence-corrected chi connectivity index (χ2v) is 5.88. The maximum Gasteiger partial charge on any atom is 0.258 e. The summed E-state index contributed by atoms with van der Waals surface area (Å²) >= 11 is 0. The predicted molar refractivity (Wildman–Crippen MR) is 98.9 cm³/mol. The Hall–Kier alpha value is -3.48. The van der Waals surface area contributed by atoms with E-state index in [1.54, 1.807) is 36.4 Å². The van der Waals surface area contributed by atoms with Gasteiger partial charge in [0.15, 0.2) is 0 Å². The number of anilines is 1. The summed E-state index contributed by atoms with van der Waals surface area (Å²) in [6, 6.07) is 13.6. The first-order valence-electron chi connectivity index (χ1n) is 8.20. The van der Waals surface area contributed by atoms with Crippen LogP contribution in [0.15, 0.2) is 53.3 Å². The number of carbonyl (C=O) groups excluding carboxylic acids is 2. The van der Waals surface area contributed by atoms with Crippen molar-refractivity contribution in [2.24, 2.45) is 5.73 Å². The van der Waals surface area contributed by atoms with Gasteiger partial charge in [-0.05, 0) is 36.8 Å². The first-order valence-corrected chi connectivity index (χ1v) is 8.20. The van der Waals surface area contributed by atoms with E-state index in [1.165, 1.54) is 6.07 Å². The van der Waals surface area contributed by atoms with Gasteiger partial charge in [-0.1, -0.05) is 18.2 Å². The van der Waals surface area contributed by atoms with Crippen LogP contribution in [0.1, 0.15) is 29.0 Å². The van der Waals surface area contributed by atoms with E-state index in [4.69, 9.17) is 5.73 Å². The van der Waals surface area contributed by atoms with Crippen LogP contribution < -0.4 is 16.6 Å². The molecule has 0 aliphatic carbocycles. The normalized spacial score (nSPS) is 10.6. The summed E-state index contributed by atoms with van der Waals surface area (Å²) in [5.74, 6) is -0.181. The maximum atomic E-state index is 12.0. The van der Waals surface area contributed by atoms with E-state index in [0.717, 1.165) is 0 Å². The molecule has 0 aliphatic heterocycles. The lowest BCUT2D eigenvalue weighted by atomic mass is 10.1. The molecule has 7 heteroatoms. The van der Waals surface area contributed by atoms with Crippen LogP contribution in [0.3, 0.4) is 0 Å². The van der Waals surface area contributed by atoms with Gasteiger partial charge in [0.05, 0.1) is 10.9 Å². The number of para-hydroxylation sites is 1. The van der Waals surface area contributed by atoms with Crippen LogP contribution in [-0.2, 0) is 11.2 Å². The lowest BCUT2D eigenvalue weighted by Gasteiger charge is -2.06. The molecule has 0 saturated carbocycles. The Labute approximate surface area is 149 Å². The van der Waals surface area contributed by atoms with E-state index in [1.807, 2.05) is 6.07 Å². The second-order valence-electron chi connectivity index (χ2n) is 5.88. The van der Waals surface area contributed by atoms with Crippen molar-refractivity contribution in [2.45, 2.75) is 19.3 Å². The topological polar surface area (TPSA) is 118 Å². The van der Waals surface area contributed by atoms with E-state index in [0.29, 0.717) is 40.8 Å². The fourth-order valence-corrected chi connectivity index (χ4v) is 2.64. The Balaban J connectivity index is 1.58. The molecule has 2 aromatic carbocycles. The molecule has 2 amide bonds. The lowest BCUT2D eigenvalue weighted by Crippen LogP contribution is -2.15. The Morgan fingerprint density at radius 2 is 1.92 bits per heavy atom. The summed E-state index contributed by atoms with van der Waals surface area (Å²) in [6.45, 7) is 0. The van der Waals surface area contributed by atoms with Crippen LogP contribution in [0.5, 0.6) is 0 Å². The number of nitrogens with two attached hydrogens (primary N) is 1. The molecular weight excluding hydrogens is 332 g/mol. The van der Waals surface area contributed by atoms with E-state index >= 15 is 0 Å². The lowest BCUT2D eigenvalue weighted by molar-refractivity contribution is -0.116. The molecule has 4 N–H and O–H groups in total. The van der Waals surface area contributed by atoms with E-state index < -0.39 is 5.91 Å². The molecule has 0 spiro atoms. The van der Waals surface area contributed by atoms with Gasteiger partial charge in [-0.15, -0.1) is 0 Å². The molecule has 7 nitrogen and oxygen atoms in total. The van der Waals surface area contributed by atoms with Gasteiger partial charge in [0.2, 0.25) is 11.8 Å². The molecule has 0 radical (unpaired) electrons. The van der Waals surface area contributed by atoms with Crippen molar-refractivity contribution in [1.29, 1.82) is 0 Å². The highest BCUT2D eigenvalue weighted by molar-refractivity contribution is 5.96. The van der Waals surface area contributed by atoms with E-state index in [9.17, 15) is 14.4 Å². The summed E-state index contributed by atoms with van der Waals surface area (Å²) in [5.41, 5.74) is 6.53.